The molecule has 19 rings (SSSR count). The maximum absolute atomic E-state index is 11.3. The van der Waals surface area contributed by atoms with Crippen LogP contribution in [0.4, 0.5) is 13.2 Å². The summed E-state index contributed by atoms with van der Waals surface area (Å²) >= 11 is 0. The van der Waals surface area contributed by atoms with Crippen molar-refractivity contribution < 1.29 is 133 Å². The molecule has 692 valence electrons. The largest absolute Gasteiger partial charge is 0.512 e. The molecule has 0 atom stereocenters. The Morgan fingerprint density at radius 1 is 0.326 bits per heavy atom. The van der Waals surface area contributed by atoms with Gasteiger partial charge in [-0.3, -0.25) is 19.2 Å². The van der Waals surface area contributed by atoms with E-state index in [1.807, 2.05) is 90.6 Å². The molecule has 19 aromatic rings. The molecule has 0 spiro atoms. The molecule has 0 unspecified atom stereocenters. The fourth-order valence-electron chi connectivity index (χ4n) is 14.5. The molecule has 0 amide bonds. The van der Waals surface area contributed by atoms with Crippen LogP contribution in [0.2, 0.25) is 0 Å². The van der Waals surface area contributed by atoms with Gasteiger partial charge in [-0.2, -0.15) is 13.2 Å². The number of aromatic nitrogens is 4. The maximum Gasteiger partial charge on any atom is 0.454 e. The molecule has 0 fully saturated rings. The second kappa shape index (κ2) is 48.8. The number of ketones is 4. The molecular formula is C116H100F3Ir4N4O8-3. The van der Waals surface area contributed by atoms with E-state index in [1.54, 1.807) is 6.92 Å². The van der Waals surface area contributed by atoms with Gasteiger partial charge in [-0.05, 0) is 196 Å². The number of rotatable bonds is 8. The summed E-state index contributed by atoms with van der Waals surface area (Å²) in [6.45, 7) is 21.8. The van der Waals surface area contributed by atoms with Gasteiger partial charge in [0.05, 0.1) is 28.8 Å². The van der Waals surface area contributed by atoms with Crippen molar-refractivity contribution in [2.24, 2.45) is 10.8 Å². The Balaban J connectivity index is 0.000000196. The molecule has 5 N–H and O–H groups in total. The number of nitrogens with zero attached hydrogens (tertiary/aromatic N) is 4. The van der Waals surface area contributed by atoms with E-state index in [2.05, 4.69) is 324 Å². The van der Waals surface area contributed by atoms with Crippen LogP contribution in [0.25, 0.3) is 164 Å². The second-order valence-corrected chi connectivity index (χ2v) is 33.6. The monoisotopic (exact) mass is 2510 g/mol. The fraction of sp³-hybridized carbons (Fsp3) is 0.138. The van der Waals surface area contributed by atoms with Crippen LogP contribution in [0, 0.1) is 42.0 Å². The van der Waals surface area contributed by atoms with Crippen LogP contribution in [0.1, 0.15) is 88.6 Å². The van der Waals surface area contributed by atoms with Gasteiger partial charge in [0.2, 0.25) is 0 Å². The number of pyridine rings is 4. The smallest absolute Gasteiger partial charge is 0.454 e. The zero-order chi connectivity index (χ0) is 93.8. The fourth-order valence-corrected chi connectivity index (χ4v) is 14.5. The number of hydrogen-bond donors (Lipinski definition) is 4. The van der Waals surface area contributed by atoms with Gasteiger partial charge in [-0.1, -0.05) is 262 Å². The minimum atomic E-state index is -4.88. The average Bonchev–Trinajstić information content (AvgIpc) is 0.774. The Bertz CT molecular complexity index is 7160. The first kappa shape index (κ1) is 107. The number of Topliss-reactive ketones (excluding diaryl/α,β-unsaturated/α-hetero) is 1. The number of allylic oxidation sites excluding steroid dienone is 8. The van der Waals surface area contributed by atoms with Crippen LogP contribution in [0.3, 0.4) is 0 Å². The zero-order valence-electron chi connectivity index (χ0n) is 76.5. The van der Waals surface area contributed by atoms with E-state index >= 15 is 0 Å². The van der Waals surface area contributed by atoms with Crippen molar-refractivity contribution in [1.29, 1.82) is 0 Å². The molecule has 0 aliphatic heterocycles. The number of hydrogen-bond acceptors (Lipinski definition) is 11. The summed E-state index contributed by atoms with van der Waals surface area (Å²) in [6.07, 6.45) is 5.43. The Kier molecular flexibility index (Phi) is 38.8. The molecule has 0 aliphatic rings. The summed E-state index contributed by atoms with van der Waals surface area (Å²) in [5.41, 5.74) is 9.18. The molecule has 0 bridgehead atoms. The maximum atomic E-state index is 11.3. The number of carbonyl (C=O) groups excluding carboxylic acids is 4. The van der Waals surface area contributed by atoms with Gasteiger partial charge in [0.1, 0.15) is 5.76 Å². The standard InChI is InChI=1S/3C23H14N.C20H14N.C11H20O2.C6H10O2.C5H5F3O2.C5H8O2.4Ir/c3*1-2-7-18-15-19(10-9-16(18)5-1)23-22-12-11-17-6-3-4-8-20(17)21(22)13-14-24-23;1-14-5-4-7-16(13-14)20-19-10-9-15-6-2-3-8-17(15)18(19)11-12-21-20;1-10(2,3)8(12)7-9(13)11(4,5)6;1-4(5(2)7)6(3)8;1-3(9)2-4(10)5(6,7)8;1-4(6)3-5(2)7;;;;/h3*1-9,11-15H;2-6,8-13H,1H3;7,12H,1-6H3;7H,1-3H3;2,9H,1H3;3,6H,1-2H3;;;;/q4*-1;;;;;;;;/p+1. The minimum Gasteiger partial charge on any atom is -0.512 e. The number of halogens is 3. The second-order valence-electron chi connectivity index (χ2n) is 33.6. The van der Waals surface area contributed by atoms with Crippen LogP contribution in [-0.2, 0) is 94.8 Å². The molecule has 0 aliphatic carbocycles. The van der Waals surface area contributed by atoms with E-state index in [0.29, 0.717) is 5.57 Å². The van der Waals surface area contributed by atoms with Crippen LogP contribution < -0.4 is 0 Å². The van der Waals surface area contributed by atoms with E-state index in [-0.39, 0.29) is 132 Å². The molecule has 4 heterocycles. The summed E-state index contributed by atoms with van der Waals surface area (Å²) in [5, 5.41) is 61.8. The van der Waals surface area contributed by atoms with Gasteiger partial charge in [0.15, 0.2) is 11.6 Å². The zero-order valence-corrected chi connectivity index (χ0v) is 86.1. The number of carbonyl (C=O) groups is 3. The summed E-state index contributed by atoms with van der Waals surface area (Å²) in [6, 6.07) is 117. The summed E-state index contributed by atoms with van der Waals surface area (Å²) < 4.78 is 33.9. The topological polar surface area (TPSA) is 205 Å². The number of aryl methyl sites for hydroxylation is 1. The Morgan fingerprint density at radius 3 is 0.837 bits per heavy atom. The van der Waals surface area contributed by atoms with Crippen LogP contribution in [0.15, 0.2) is 369 Å². The predicted octanol–water partition coefficient (Wildman–Crippen LogP) is 30.3. The third kappa shape index (κ3) is 28.1. The summed E-state index contributed by atoms with van der Waals surface area (Å²) in [7, 11) is 0. The molecule has 0 saturated carbocycles. The Hall–Kier alpha value is -13.0. The van der Waals surface area contributed by atoms with Gasteiger partial charge < -0.3 is 40.4 Å². The first-order valence-corrected chi connectivity index (χ1v) is 42.6. The first-order chi connectivity index (χ1) is 62.6. The van der Waals surface area contributed by atoms with Crippen molar-refractivity contribution in [2.45, 2.75) is 96.2 Å². The van der Waals surface area contributed by atoms with Gasteiger partial charge in [0.25, 0.3) is 5.78 Å². The molecule has 4 aromatic heterocycles. The summed E-state index contributed by atoms with van der Waals surface area (Å²) in [4.78, 5) is 58.5. The Labute approximate surface area is 838 Å². The normalized spacial score (nSPS) is 11.5. The van der Waals surface area contributed by atoms with E-state index in [4.69, 9.17) is 15.3 Å². The third-order valence-corrected chi connectivity index (χ3v) is 21.6. The number of aliphatic hydroxyl groups excluding tert-OH is 4. The van der Waals surface area contributed by atoms with Gasteiger partial charge in [0, 0.05) is 128 Å². The van der Waals surface area contributed by atoms with E-state index < -0.39 is 17.7 Å². The molecular weight excluding hydrogens is 2400 g/mol. The molecule has 19 heteroatoms. The van der Waals surface area contributed by atoms with E-state index in [0.717, 1.165) is 52.0 Å². The average molecular weight is 2500 g/mol. The van der Waals surface area contributed by atoms with Crippen LogP contribution in [-0.4, -0.2) is 74.5 Å². The van der Waals surface area contributed by atoms with Crippen molar-refractivity contribution in [3.63, 3.8) is 0 Å². The Morgan fingerprint density at radius 2 is 0.607 bits per heavy atom. The number of fused-ring (bicyclic) bond motifs is 15. The number of benzene rings is 15. The third-order valence-electron chi connectivity index (χ3n) is 21.6. The quantitative estimate of drug-likeness (QED) is 0.0370. The van der Waals surface area contributed by atoms with E-state index in [1.165, 1.54) is 164 Å². The van der Waals surface area contributed by atoms with Crippen molar-refractivity contribution in [2.75, 3.05) is 0 Å². The van der Waals surface area contributed by atoms with E-state index in [9.17, 15) is 37.5 Å². The van der Waals surface area contributed by atoms with Crippen molar-refractivity contribution in [3.8, 4) is 45.0 Å². The summed E-state index contributed by atoms with van der Waals surface area (Å²) in [5.74, 6) is -2.32. The first-order valence-electron chi connectivity index (χ1n) is 42.6. The molecule has 4 radical (unpaired) electrons. The minimum absolute atomic E-state index is 0. The molecule has 12 nitrogen and oxygen atoms in total. The number of aliphatic hydroxyl groups is 4. The van der Waals surface area contributed by atoms with Crippen molar-refractivity contribution >= 4 is 142 Å². The van der Waals surface area contributed by atoms with Gasteiger partial charge >= 0.3 is 12.0 Å². The van der Waals surface area contributed by atoms with Gasteiger partial charge in [-0.15, -0.1) is 123 Å². The van der Waals surface area contributed by atoms with Crippen LogP contribution in [0.5, 0.6) is 0 Å². The number of alkyl halides is 3. The molecule has 15 aromatic carbocycles. The van der Waals surface area contributed by atoms with Crippen molar-refractivity contribution in [3.05, 3.63) is 399 Å². The SMILES string of the molecule is CC(=O)C(C)=C(C)O.CC(=O)C=C(C)O.CC(C)(C)C(=[OH+])C=C(O)C(C)(C)C.CC(O)=CC(=O)C(F)(F)F.Cc1cc[c-]c(-c2nccc3c2ccc2ccccc23)c1.[Ir].[Ir].[Ir].[Ir].[c-]1cc2ccccc2cc1-c1nccc2c1ccc1ccccc12.[c-]1cc2ccccc2cc1-c1nccc2c1ccc1ccccc12.[c-]1cc2ccccc2cc1-c1nccc2c1ccc1ccccc12. The van der Waals surface area contributed by atoms with Gasteiger partial charge in [-0.25, -0.2) is 0 Å². The predicted molar refractivity (Wildman–Crippen MR) is 534 cm³/mol. The molecule has 135 heavy (non-hydrogen) atoms. The molecule has 0 saturated heterocycles. The van der Waals surface area contributed by atoms with Crippen LogP contribution >= 0.6 is 0 Å². The van der Waals surface area contributed by atoms with Crippen molar-refractivity contribution in [1.82, 2.24) is 19.9 Å².